The Morgan fingerprint density at radius 3 is 2.13 bits per heavy atom. The van der Waals surface area contributed by atoms with E-state index in [1.54, 1.807) is 30.3 Å². The molecule has 1 aliphatic heterocycles. The van der Waals surface area contributed by atoms with E-state index in [0.717, 1.165) is 0 Å². The largest absolute Gasteiger partial charge is 0.504 e. The van der Waals surface area contributed by atoms with E-state index >= 15 is 0 Å². The molecule has 12 heteroatoms. The van der Waals surface area contributed by atoms with Gasteiger partial charge >= 0.3 is 17.6 Å². The predicted molar refractivity (Wildman–Crippen MR) is 163 cm³/mol. The van der Waals surface area contributed by atoms with Crippen molar-refractivity contribution < 1.29 is 47.5 Å². The first-order valence-electron chi connectivity index (χ1n) is 13.8. The highest BCUT2D eigenvalue weighted by Crippen LogP contribution is 2.52. The lowest BCUT2D eigenvalue weighted by molar-refractivity contribution is -0.132. The van der Waals surface area contributed by atoms with Crippen molar-refractivity contribution in [1.29, 1.82) is 0 Å². The number of fused-ring (bicyclic) bond motifs is 7. The molecule has 0 radical (unpaired) electrons. The van der Waals surface area contributed by atoms with Gasteiger partial charge in [0.05, 0.1) is 34.1 Å². The van der Waals surface area contributed by atoms with Gasteiger partial charge in [0.2, 0.25) is 5.75 Å². The highest BCUT2D eigenvalue weighted by Gasteiger charge is 2.33. The quantitative estimate of drug-likeness (QED) is 0.146. The summed E-state index contributed by atoms with van der Waals surface area (Å²) in [6.45, 7) is 2.87. The third kappa shape index (κ3) is 4.65. The van der Waals surface area contributed by atoms with Crippen molar-refractivity contribution in [3.63, 3.8) is 0 Å². The molecule has 12 nitrogen and oxygen atoms in total. The van der Waals surface area contributed by atoms with Gasteiger partial charge in [-0.05, 0) is 36.2 Å². The van der Waals surface area contributed by atoms with Gasteiger partial charge in [0.1, 0.15) is 11.1 Å². The Bertz CT molecular complexity index is 2100. The summed E-state index contributed by atoms with van der Waals surface area (Å²) in [4.78, 5) is 37.4. The molecule has 3 aromatic carbocycles. The Balaban J connectivity index is 1.80. The Labute approximate surface area is 256 Å². The minimum absolute atomic E-state index is 0.0679. The molecule has 0 fully saturated rings. The fourth-order valence-corrected chi connectivity index (χ4v) is 6.01. The summed E-state index contributed by atoms with van der Waals surface area (Å²) in [5.41, 5.74) is 2.85. The number of aromatic nitrogens is 1. The molecule has 0 unspecified atom stereocenters. The van der Waals surface area contributed by atoms with E-state index in [1.807, 2.05) is 4.57 Å². The van der Waals surface area contributed by atoms with Gasteiger partial charge in [-0.3, -0.25) is 9.59 Å². The summed E-state index contributed by atoms with van der Waals surface area (Å²) in [6, 6.07) is 9.90. The highest BCUT2D eigenvalue weighted by atomic mass is 16.6. The molecule has 0 saturated carbocycles. The van der Waals surface area contributed by atoms with Crippen LogP contribution in [0, 0.1) is 0 Å². The zero-order valence-corrected chi connectivity index (χ0v) is 25.4. The summed E-state index contributed by atoms with van der Waals surface area (Å²) >= 11 is 0. The number of aryl methyl sites for hydroxylation is 1. The van der Waals surface area contributed by atoms with Crippen molar-refractivity contribution in [2.45, 2.75) is 26.8 Å². The standard InChI is InChI=1S/C33H29NO11/c1-15(35)43-21-8-7-17(11-23(21)39-3)27-28-20-13-24(40-4)25(44-16(2)36)14-22(20)45-33(38)30(28)34-10-9-18-19(29(27)34)12-26(41-5)32(42-6)31(18)37/h7-8,11-14,37H,9-10H2,1-6H3. The van der Waals surface area contributed by atoms with E-state index in [9.17, 15) is 19.5 Å². The minimum atomic E-state index is -0.624. The Morgan fingerprint density at radius 2 is 1.49 bits per heavy atom. The Kier molecular flexibility index (Phi) is 7.27. The second-order valence-electron chi connectivity index (χ2n) is 10.3. The predicted octanol–water partition coefficient (Wildman–Crippen LogP) is 5.23. The maximum atomic E-state index is 13.8. The molecule has 6 rings (SSSR count). The molecule has 0 aliphatic carbocycles. The van der Waals surface area contributed by atoms with Gasteiger partial charge in [0.15, 0.2) is 34.5 Å². The second kappa shape index (κ2) is 11.1. The average molecular weight is 616 g/mol. The molecule has 232 valence electrons. The summed E-state index contributed by atoms with van der Waals surface area (Å²) in [6.07, 6.45) is 0.374. The number of ether oxygens (including phenoxy) is 6. The third-order valence-corrected chi connectivity index (χ3v) is 7.74. The zero-order chi connectivity index (χ0) is 32.2. The van der Waals surface area contributed by atoms with Crippen LogP contribution in [0.3, 0.4) is 0 Å². The number of nitrogens with zero attached hydrogens (tertiary/aromatic N) is 1. The molecule has 0 spiro atoms. The molecule has 0 bridgehead atoms. The number of carbonyl (C=O) groups excluding carboxylic acids is 2. The summed E-state index contributed by atoms with van der Waals surface area (Å²) in [7, 11) is 5.81. The van der Waals surface area contributed by atoms with Crippen LogP contribution < -0.4 is 34.0 Å². The van der Waals surface area contributed by atoms with E-state index < -0.39 is 17.6 Å². The van der Waals surface area contributed by atoms with E-state index in [-0.39, 0.29) is 45.6 Å². The van der Waals surface area contributed by atoms with Crippen LogP contribution in [-0.4, -0.2) is 50.1 Å². The van der Waals surface area contributed by atoms with Gasteiger partial charge in [0, 0.05) is 53.9 Å². The molecule has 1 N–H and O–H groups in total. The van der Waals surface area contributed by atoms with Crippen LogP contribution in [0.1, 0.15) is 19.4 Å². The summed E-state index contributed by atoms with van der Waals surface area (Å²) in [5.74, 6) is 0.168. The summed E-state index contributed by atoms with van der Waals surface area (Å²) < 4.78 is 40.5. The number of aromatic hydroxyl groups is 1. The number of benzene rings is 3. The molecule has 5 aromatic rings. The number of esters is 2. The lowest BCUT2D eigenvalue weighted by Crippen LogP contribution is -2.15. The molecular formula is C33H29NO11. The van der Waals surface area contributed by atoms with E-state index in [4.69, 9.17) is 32.8 Å². The highest BCUT2D eigenvalue weighted by molar-refractivity contribution is 6.17. The Hall–Kier alpha value is -5.65. The van der Waals surface area contributed by atoms with Crippen molar-refractivity contribution in [2.75, 3.05) is 28.4 Å². The smallest absolute Gasteiger partial charge is 0.361 e. The van der Waals surface area contributed by atoms with E-state index in [1.165, 1.54) is 48.4 Å². The van der Waals surface area contributed by atoms with Gasteiger partial charge in [-0.25, -0.2) is 4.79 Å². The lowest BCUT2D eigenvalue weighted by Gasteiger charge is -2.24. The topological polar surface area (TPSA) is 145 Å². The molecule has 0 atom stereocenters. The molecule has 3 heterocycles. The number of hydrogen-bond acceptors (Lipinski definition) is 11. The maximum Gasteiger partial charge on any atom is 0.361 e. The van der Waals surface area contributed by atoms with Gasteiger partial charge in [-0.2, -0.15) is 0 Å². The number of rotatable bonds is 7. The van der Waals surface area contributed by atoms with Crippen LogP contribution in [-0.2, 0) is 22.6 Å². The molecule has 1 aliphatic rings. The number of phenols is 1. The van der Waals surface area contributed by atoms with Crippen LogP contribution in [0.5, 0.6) is 40.2 Å². The van der Waals surface area contributed by atoms with E-state index in [2.05, 4.69) is 0 Å². The fourth-order valence-electron chi connectivity index (χ4n) is 6.01. The van der Waals surface area contributed by atoms with Gasteiger partial charge < -0.3 is 42.5 Å². The van der Waals surface area contributed by atoms with Crippen LogP contribution in [0.4, 0.5) is 0 Å². The SMILES string of the molecule is COc1cc(-c2c3n(c4c(=O)oc5cc(OC(C)=O)c(OC)cc5c24)CCc2c-3cc(OC)c(OC)c2O)ccc1OC(C)=O. The first-order valence-corrected chi connectivity index (χ1v) is 13.8. The second-order valence-corrected chi connectivity index (χ2v) is 10.3. The number of methoxy groups -OCH3 is 4. The molecule has 0 amide bonds. The van der Waals surface area contributed by atoms with Crippen LogP contribution in [0.2, 0.25) is 0 Å². The number of carbonyl (C=O) groups is 2. The molecule has 0 saturated heterocycles. The first-order chi connectivity index (χ1) is 21.6. The van der Waals surface area contributed by atoms with Crippen molar-refractivity contribution in [3.8, 4) is 62.6 Å². The third-order valence-electron chi connectivity index (χ3n) is 7.74. The van der Waals surface area contributed by atoms with Crippen LogP contribution >= 0.6 is 0 Å². The normalized spacial score (nSPS) is 12.0. The van der Waals surface area contributed by atoms with Gasteiger partial charge in [-0.1, -0.05) is 6.07 Å². The fraction of sp³-hybridized carbons (Fsp3) is 0.242. The zero-order valence-electron chi connectivity index (χ0n) is 25.4. The number of phenolic OH excluding ortho intramolecular Hbond substituents is 1. The van der Waals surface area contributed by atoms with Crippen LogP contribution in [0.15, 0.2) is 45.6 Å². The number of hydrogen-bond donors (Lipinski definition) is 1. The molecular weight excluding hydrogens is 586 g/mol. The molecule has 2 aromatic heterocycles. The lowest BCUT2D eigenvalue weighted by atomic mass is 9.91. The average Bonchev–Trinajstić information content (AvgIpc) is 3.37. The van der Waals surface area contributed by atoms with Gasteiger partial charge in [-0.15, -0.1) is 0 Å². The molecule has 45 heavy (non-hydrogen) atoms. The maximum absolute atomic E-state index is 13.8. The van der Waals surface area contributed by atoms with Crippen molar-refractivity contribution in [3.05, 3.63) is 52.4 Å². The first kappa shape index (κ1) is 29.4. The van der Waals surface area contributed by atoms with Crippen LogP contribution in [0.25, 0.3) is 44.3 Å². The minimum Gasteiger partial charge on any atom is -0.504 e. The van der Waals surface area contributed by atoms with E-state index in [0.29, 0.717) is 57.4 Å². The van der Waals surface area contributed by atoms with Crippen molar-refractivity contribution >= 4 is 33.8 Å². The van der Waals surface area contributed by atoms with Crippen molar-refractivity contribution in [1.82, 2.24) is 4.57 Å². The monoisotopic (exact) mass is 615 g/mol. The summed E-state index contributed by atoms with van der Waals surface area (Å²) in [5, 5.41) is 12.3. The van der Waals surface area contributed by atoms with Crippen molar-refractivity contribution in [2.24, 2.45) is 0 Å². The Morgan fingerprint density at radius 1 is 0.822 bits per heavy atom. The van der Waals surface area contributed by atoms with Gasteiger partial charge in [0.25, 0.3) is 0 Å².